The van der Waals surface area contributed by atoms with Crippen LogP contribution in [0.4, 0.5) is 5.69 Å². The molecule has 9 nitrogen and oxygen atoms in total. The first-order chi connectivity index (χ1) is 11.4. The fourth-order valence-electron chi connectivity index (χ4n) is 1.88. The summed E-state index contributed by atoms with van der Waals surface area (Å²) in [5.41, 5.74) is 1.83. The lowest BCUT2D eigenvalue weighted by atomic mass is 10.2. The minimum absolute atomic E-state index is 0.0418. The van der Waals surface area contributed by atoms with Gasteiger partial charge in [0.05, 0.1) is 23.8 Å². The molecule has 2 aromatic rings. The molecule has 0 fully saturated rings. The Morgan fingerprint density at radius 3 is 2.67 bits per heavy atom. The number of phenolic OH excluding ortho intramolecular Hbond substituents is 2. The van der Waals surface area contributed by atoms with Gasteiger partial charge in [-0.2, -0.15) is 5.10 Å². The highest BCUT2D eigenvalue weighted by Crippen LogP contribution is 2.31. The van der Waals surface area contributed by atoms with Gasteiger partial charge in [0, 0.05) is 17.7 Å². The molecule has 0 saturated heterocycles. The van der Waals surface area contributed by atoms with E-state index in [2.05, 4.69) is 10.5 Å². The van der Waals surface area contributed by atoms with Crippen molar-refractivity contribution in [2.75, 3.05) is 7.11 Å². The number of para-hydroxylation sites is 1. The van der Waals surface area contributed by atoms with Crippen LogP contribution in [-0.4, -0.2) is 34.4 Å². The van der Waals surface area contributed by atoms with Gasteiger partial charge in [0.2, 0.25) is 0 Å². The van der Waals surface area contributed by atoms with Crippen molar-refractivity contribution >= 4 is 17.8 Å². The number of hydrogen-bond acceptors (Lipinski definition) is 7. The number of nitrogens with zero attached hydrogens (tertiary/aromatic N) is 2. The van der Waals surface area contributed by atoms with E-state index in [-0.39, 0.29) is 11.1 Å². The Balaban J connectivity index is 2.19. The number of rotatable bonds is 5. The monoisotopic (exact) mass is 331 g/mol. The number of benzene rings is 2. The van der Waals surface area contributed by atoms with E-state index in [9.17, 15) is 25.1 Å². The third kappa shape index (κ3) is 3.58. The summed E-state index contributed by atoms with van der Waals surface area (Å²) in [7, 11) is 1.42. The minimum atomic E-state index is -0.806. The molecule has 0 spiro atoms. The fraction of sp³-hybridized carbons (Fsp3) is 0.0667. The number of aromatic hydroxyl groups is 2. The van der Waals surface area contributed by atoms with Crippen molar-refractivity contribution in [1.82, 2.24) is 5.43 Å². The molecule has 0 radical (unpaired) electrons. The standard InChI is InChI=1S/C15H13N3O6/c1-24-14-5-3-2-4-10(14)15(21)17-16-8-9-6-11(18(22)23)13(20)7-12(9)19/h2-8,19-20H,1H3,(H,17,21)/b16-8-. The Hall–Kier alpha value is -3.62. The van der Waals surface area contributed by atoms with Gasteiger partial charge in [-0.3, -0.25) is 14.9 Å². The highest BCUT2D eigenvalue weighted by Gasteiger charge is 2.17. The minimum Gasteiger partial charge on any atom is -0.507 e. The normalized spacial score (nSPS) is 10.5. The van der Waals surface area contributed by atoms with Crippen LogP contribution in [0.5, 0.6) is 17.2 Å². The van der Waals surface area contributed by atoms with Crippen LogP contribution >= 0.6 is 0 Å². The molecule has 0 unspecified atom stereocenters. The van der Waals surface area contributed by atoms with E-state index < -0.39 is 28.0 Å². The van der Waals surface area contributed by atoms with Crippen LogP contribution < -0.4 is 10.2 Å². The van der Waals surface area contributed by atoms with Crippen LogP contribution in [-0.2, 0) is 0 Å². The van der Waals surface area contributed by atoms with Gasteiger partial charge < -0.3 is 14.9 Å². The molecule has 0 aliphatic heterocycles. The first-order valence-electron chi connectivity index (χ1n) is 6.60. The maximum absolute atomic E-state index is 12.0. The van der Waals surface area contributed by atoms with Gasteiger partial charge in [0.1, 0.15) is 11.5 Å². The Kier molecular flexibility index (Phi) is 4.95. The SMILES string of the molecule is COc1ccccc1C(=O)N/N=C\c1cc([N+](=O)[O-])c(O)cc1O. The smallest absolute Gasteiger partial charge is 0.311 e. The van der Waals surface area contributed by atoms with Crippen molar-refractivity contribution in [2.24, 2.45) is 5.10 Å². The van der Waals surface area contributed by atoms with Gasteiger partial charge in [0.25, 0.3) is 5.91 Å². The summed E-state index contributed by atoms with van der Waals surface area (Å²) in [5, 5.41) is 33.4. The second-order valence-electron chi connectivity index (χ2n) is 4.56. The van der Waals surface area contributed by atoms with E-state index >= 15 is 0 Å². The number of ether oxygens (including phenoxy) is 1. The van der Waals surface area contributed by atoms with Gasteiger partial charge in [0.15, 0.2) is 5.75 Å². The molecule has 0 aliphatic carbocycles. The van der Waals surface area contributed by atoms with E-state index in [0.717, 1.165) is 18.3 Å². The number of nitrogens with one attached hydrogen (secondary N) is 1. The molecule has 0 bridgehead atoms. The molecule has 3 N–H and O–H groups in total. The summed E-state index contributed by atoms with van der Waals surface area (Å²) in [6.45, 7) is 0. The summed E-state index contributed by atoms with van der Waals surface area (Å²) in [5.74, 6) is -1.30. The Labute approximate surface area is 136 Å². The van der Waals surface area contributed by atoms with Crippen molar-refractivity contribution in [3.63, 3.8) is 0 Å². The largest absolute Gasteiger partial charge is 0.507 e. The Bertz CT molecular complexity index is 819. The van der Waals surface area contributed by atoms with Crippen LogP contribution in [0.3, 0.4) is 0 Å². The first-order valence-corrected chi connectivity index (χ1v) is 6.60. The zero-order chi connectivity index (χ0) is 17.7. The molecule has 2 rings (SSSR count). The quantitative estimate of drug-likeness (QED) is 0.434. The maximum atomic E-state index is 12.0. The lowest BCUT2D eigenvalue weighted by Crippen LogP contribution is -2.18. The third-order valence-electron chi connectivity index (χ3n) is 3.04. The van der Waals surface area contributed by atoms with Gasteiger partial charge in [-0.1, -0.05) is 12.1 Å². The van der Waals surface area contributed by atoms with Crippen LogP contribution in [0.15, 0.2) is 41.5 Å². The second-order valence-corrected chi connectivity index (χ2v) is 4.56. The predicted molar refractivity (Wildman–Crippen MR) is 84.5 cm³/mol. The van der Waals surface area contributed by atoms with Crippen molar-refractivity contribution in [2.45, 2.75) is 0 Å². The maximum Gasteiger partial charge on any atom is 0.311 e. The van der Waals surface area contributed by atoms with E-state index in [0.29, 0.717) is 5.75 Å². The lowest BCUT2D eigenvalue weighted by Gasteiger charge is -2.06. The van der Waals surface area contributed by atoms with Crippen LogP contribution in [0.25, 0.3) is 0 Å². The summed E-state index contributed by atoms with van der Waals surface area (Å²) < 4.78 is 5.05. The highest BCUT2D eigenvalue weighted by molar-refractivity contribution is 5.97. The van der Waals surface area contributed by atoms with E-state index in [1.807, 2.05) is 0 Å². The zero-order valence-electron chi connectivity index (χ0n) is 12.5. The average molecular weight is 331 g/mol. The van der Waals surface area contributed by atoms with Crippen molar-refractivity contribution < 1.29 is 24.7 Å². The summed E-state index contributed by atoms with van der Waals surface area (Å²) >= 11 is 0. The number of hydrogen-bond donors (Lipinski definition) is 3. The first kappa shape index (κ1) is 16.7. The van der Waals surface area contributed by atoms with E-state index in [4.69, 9.17) is 4.74 Å². The van der Waals surface area contributed by atoms with Gasteiger partial charge in [-0.15, -0.1) is 0 Å². The van der Waals surface area contributed by atoms with E-state index in [1.165, 1.54) is 13.2 Å². The predicted octanol–water partition coefficient (Wildman–Crippen LogP) is 1.78. The summed E-state index contributed by atoms with van der Waals surface area (Å²) in [6.07, 6.45) is 1.02. The van der Waals surface area contributed by atoms with Crippen molar-refractivity contribution in [3.05, 3.63) is 57.6 Å². The van der Waals surface area contributed by atoms with Gasteiger partial charge >= 0.3 is 5.69 Å². The molecular formula is C15H13N3O6. The molecule has 0 heterocycles. The molecular weight excluding hydrogens is 318 g/mol. The van der Waals surface area contributed by atoms with Crippen molar-refractivity contribution in [1.29, 1.82) is 0 Å². The van der Waals surface area contributed by atoms with Crippen LogP contribution in [0.1, 0.15) is 15.9 Å². The van der Waals surface area contributed by atoms with Gasteiger partial charge in [-0.05, 0) is 12.1 Å². The van der Waals surface area contributed by atoms with Crippen molar-refractivity contribution in [3.8, 4) is 17.2 Å². The van der Waals surface area contributed by atoms with E-state index in [1.54, 1.807) is 18.2 Å². The molecule has 1 amide bonds. The number of hydrazone groups is 1. The number of amides is 1. The molecule has 9 heteroatoms. The third-order valence-corrected chi connectivity index (χ3v) is 3.04. The molecule has 0 aromatic heterocycles. The second kappa shape index (κ2) is 7.09. The van der Waals surface area contributed by atoms with Crippen LogP contribution in [0, 0.1) is 10.1 Å². The molecule has 0 saturated carbocycles. The number of methoxy groups -OCH3 is 1. The van der Waals surface area contributed by atoms with Crippen LogP contribution in [0.2, 0.25) is 0 Å². The average Bonchev–Trinajstić information content (AvgIpc) is 2.56. The molecule has 2 aromatic carbocycles. The fourth-order valence-corrected chi connectivity index (χ4v) is 1.88. The molecule has 124 valence electrons. The number of carbonyl (C=O) groups is 1. The van der Waals surface area contributed by atoms with Gasteiger partial charge in [-0.25, -0.2) is 5.43 Å². The highest BCUT2D eigenvalue weighted by atomic mass is 16.6. The number of carbonyl (C=O) groups excluding carboxylic acids is 1. The molecule has 24 heavy (non-hydrogen) atoms. The lowest BCUT2D eigenvalue weighted by molar-refractivity contribution is -0.385. The summed E-state index contributed by atoms with van der Waals surface area (Å²) in [4.78, 5) is 22.0. The summed E-state index contributed by atoms with van der Waals surface area (Å²) in [6, 6.07) is 8.24. The number of nitro benzene ring substituents is 1. The molecule has 0 aliphatic rings. The number of phenols is 2. The zero-order valence-corrected chi connectivity index (χ0v) is 12.5. The Morgan fingerprint density at radius 2 is 2.00 bits per heavy atom. The Morgan fingerprint density at radius 1 is 1.29 bits per heavy atom. The molecule has 0 atom stereocenters. The number of nitro groups is 1. The topological polar surface area (TPSA) is 134 Å².